The topological polar surface area (TPSA) is 89.3 Å². The van der Waals surface area contributed by atoms with Crippen molar-refractivity contribution in [3.05, 3.63) is 42.6 Å². The molecule has 0 bridgehead atoms. The fourth-order valence-electron chi connectivity index (χ4n) is 2.28. The number of aromatic nitrogens is 2. The van der Waals surface area contributed by atoms with E-state index in [0.29, 0.717) is 35.0 Å². The molecule has 2 aromatic heterocycles. The summed E-state index contributed by atoms with van der Waals surface area (Å²) in [6.45, 7) is 2.31. The van der Waals surface area contributed by atoms with E-state index in [0.717, 1.165) is 0 Å². The molecule has 7 nitrogen and oxygen atoms in total. The Bertz CT molecular complexity index is 832. The fourth-order valence-corrected chi connectivity index (χ4v) is 2.28. The second-order valence-electron chi connectivity index (χ2n) is 5.37. The fraction of sp³-hybridized carbons (Fsp3) is 0.235. The molecule has 2 amide bonds. The molecule has 1 atom stereocenters. The number of hydrogen-bond donors (Lipinski definition) is 2. The van der Waals surface area contributed by atoms with Gasteiger partial charge < -0.3 is 19.8 Å². The van der Waals surface area contributed by atoms with Gasteiger partial charge in [-0.1, -0.05) is 6.07 Å². The number of carbonyl (C=O) groups is 1. The van der Waals surface area contributed by atoms with Crippen molar-refractivity contribution in [1.82, 2.24) is 15.3 Å². The minimum absolute atomic E-state index is 0.0835. The molecule has 0 fully saturated rings. The zero-order valence-corrected chi connectivity index (χ0v) is 13.4. The van der Waals surface area contributed by atoms with E-state index in [9.17, 15) is 4.79 Å². The molecule has 124 valence electrons. The lowest BCUT2D eigenvalue weighted by Crippen LogP contribution is -2.38. The predicted octanol–water partition coefficient (Wildman–Crippen LogP) is 3.05. The molecule has 3 rings (SSSR count). The van der Waals surface area contributed by atoms with Crippen LogP contribution in [0.2, 0.25) is 0 Å². The lowest BCUT2D eigenvalue weighted by molar-refractivity contribution is 0.173. The maximum Gasteiger partial charge on any atom is 0.319 e. The van der Waals surface area contributed by atoms with Gasteiger partial charge in [-0.3, -0.25) is 4.98 Å². The highest BCUT2D eigenvalue weighted by atomic mass is 16.5. The van der Waals surface area contributed by atoms with Crippen molar-refractivity contribution in [2.45, 2.75) is 13.0 Å². The van der Waals surface area contributed by atoms with Gasteiger partial charge in [0, 0.05) is 25.1 Å². The standard InChI is InChI=1S/C17H18N4O3/c1-11(10-23-2)19-17(22)20-12-6-7-13-15(9-12)24-16(21-13)14-5-3-4-8-18-14/h3-9,11H,10H2,1-2H3,(H2,19,20,22). The molecule has 0 aliphatic rings. The molecule has 24 heavy (non-hydrogen) atoms. The largest absolute Gasteiger partial charge is 0.435 e. The van der Waals surface area contributed by atoms with Gasteiger partial charge in [0.05, 0.1) is 12.6 Å². The van der Waals surface area contributed by atoms with Crippen LogP contribution in [-0.4, -0.2) is 35.8 Å². The first-order valence-corrected chi connectivity index (χ1v) is 7.54. The number of benzene rings is 1. The molecule has 1 aromatic carbocycles. The number of methoxy groups -OCH3 is 1. The average molecular weight is 326 g/mol. The molecule has 0 radical (unpaired) electrons. The summed E-state index contributed by atoms with van der Waals surface area (Å²) >= 11 is 0. The summed E-state index contributed by atoms with van der Waals surface area (Å²) in [5.41, 5.74) is 2.57. The molecule has 0 aliphatic carbocycles. The first-order chi connectivity index (χ1) is 11.7. The minimum atomic E-state index is -0.302. The maximum absolute atomic E-state index is 11.9. The summed E-state index contributed by atoms with van der Waals surface area (Å²) in [5, 5.41) is 5.54. The van der Waals surface area contributed by atoms with E-state index in [2.05, 4.69) is 20.6 Å². The van der Waals surface area contributed by atoms with E-state index in [-0.39, 0.29) is 12.1 Å². The SMILES string of the molecule is COCC(C)NC(=O)Nc1ccc2nc(-c3ccccn3)oc2c1. The molecule has 0 spiro atoms. The Kier molecular flexibility index (Phi) is 4.72. The van der Waals surface area contributed by atoms with Crippen molar-refractivity contribution in [3.63, 3.8) is 0 Å². The number of anilines is 1. The van der Waals surface area contributed by atoms with Gasteiger partial charge in [0.1, 0.15) is 11.2 Å². The molecular weight excluding hydrogens is 308 g/mol. The molecule has 7 heteroatoms. The van der Waals surface area contributed by atoms with Crippen molar-refractivity contribution >= 4 is 22.8 Å². The van der Waals surface area contributed by atoms with Crippen molar-refractivity contribution in [1.29, 1.82) is 0 Å². The second kappa shape index (κ2) is 7.10. The van der Waals surface area contributed by atoms with Crippen molar-refractivity contribution in [3.8, 4) is 11.6 Å². The van der Waals surface area contributed by atoms with Crippen LogP contribution in [0.1, 0.15) is 6.92 Å². The summed E-state index contributed by atoms with van der Waals surface area (Å²) in [4.78, 5) is 20.5. The summed E-state index contributed by atoms with van der Waals surface area (Å²) in [7, 11) is 1.59. The van der Waals surface area contributed by atoms with Crippen LogP contribution in [0.25, 0.3) is 22.7 Å². The highest BCUT2D eigenvalue weighted by molar-refractivity contribution is 5.91. The highest BCUT2D eigenvalue weighted by Crippen LogP contribution is 2.25. The first-order valence-electron chi connectivity index (χ1n) is 7.54. The van der Waals surface area contributed by atoms with Crippen molar-refractivity contribution < 1.29 is 13.9 Å². The summed E-state index contributed by atoms with van der Waals surface area (Å²) in [6, 6.07) is 10.4. The lowest BCUT2D eigenvalue weighted by atomic mass is 10.3. The van der Waals surface area contributed by atoms with E-state index < -0.39 is 0 Å². The summed E-state index contributed by atoms with van der Waals surface area (Å²) in [6.07, 6.45) is 1.68. The third-order valence-electron chi connectivity index (χ3n) is 3.32. The van der Waals surface area contributed by atoms with E-state index in [1.807, 2.05) is 25.1 Å². The Morgan fingerprint density at radius 1 is 1.33 bits per heavy atom. The van der Waals surface area contributed by atoms with Gasteiger partial charge in [-0.05, 0) is 31.2 Å². The molecular formula is C17H18N4O3. The van der Waals surface area contributed by atoms with Crippen LogP contribution in [0.4, 0.5) is 10.5 Å². The number of fused-ring (bicyclic) bond motifs is 1. The number of rotatable bonds is 5. The zero-order chi connectivity index (χ0) is 16.9. The van der Waals surface area contributed by atoms with Gasteiger partial charge in [0.2, 0.25) is 5.89 Å². The summed E-state index contributed by atoms with van der Waals surface area (Å²) < 4.78 is 10.7. The Morgan fingerprint density at radius 3 is 2.96 bits per heavy atom. The van der Waals surface area contributed by atoms with Gasteiger partial charge in [-0.15, -0.1) is 0 Å². The monoisotopic (exact) mass is 326 g/mol. The molecule has 2 heterocycles. The number of pyridine rings is 1. The van der Waals surface area contributed by atoms with E-state index in [4.69, 9.17) is 9.15 Å². The number of oxazole rings is 1. The number of nitrogens with zero attached hydrogens (tertiary/aromatic N) is 2. The summed E-state index contributed by atoms with van der Waals surface area (Å²) in [5.74, 6) is 0.445. The normalized spacial score (nSPS) is 12.1. The Balaban J connectivity index is 1.75. The van der Waals surface area contributed by atoms with Gasteiger partial charge in [-0.25, -0.2) is 9.78 Å². The van der Waals surface area contributed by atoms with Crippen LogP contribution in [0.5, 0.6) is 0 Å². The molecule has 0 aliphatic heterocycles. The number of amides is 2. The number of ether oxygens (including phenoxy) is 1. The Labute approximate surface area is 139 Å². The number of hydrogen-bond acceptors (Lipinski definition) is 5. The van der Waals surface area contributed by atoms with Gasteiger partial charge in [0.25, 0.3) is 0 Å². The van der Waals surface area contributed by atoms with Crippen LogP contribution < -0.4 is 10.6 Å². The first kappa shape index (κ1) is 15.9. The molecule has 3 aromatic rings. The number of urea groups is 1. The van der Waals surface area contributed by atoms with Crippen LogP contribution >= 0.6 is 0 Å². The molecule has 1 unspecified atom stereocenters. The van der Waals surface area contributed by atoms with Crippen LogP contribution in [0.3, 0.4) is 0 Å². The van der Waals surface area contributed by atoms with E-state index >= 15 is 0 Å². The third kappa shape index (κ3) is 3.69. The zero-order valence-electron chi connectivity index (χ0n) is 13.4. The smallest absolute Gasteiger partial charge is 0.319 e. The van der Waals surface area contributed by atoms with Crippen molar-refractivity contribution in [2.24, 2.45) is 0 Å². The van der Waals surface area contributed by atoms with Crippen molar-refractivity contribution in [2.75, 3.05) is 19.0 Å². The van der Waals surface area contributed by atoms with Crippen LogP contribution in [-0.2, 0) is 4.74 Å². The third-order valence-corrected chi connectivity index (χ3v) is 3.32. The predicted molar refractivity (Wildman–Crippen MR) is 90.7 cm³/mol. The lowest BCUT2D eigenvalue weighted by Gasteiger charge is -2.13. The number of nitrogens with one attached hydrogen (secondary N) is 2. The van der Waals surface area contributed by atoms with Gasteiger partial charge >= 0.3 is 6.03 Å². The van der Waals surface area contributed by atoms with E-state index in [1.165, 1.54) is 0 Å². The molecule has 0 saturated heterocycles. The maximum atomic E-state index is 11.9. The second-order valence-corrected chi connectivity index (χ2v) is 5.37. The van der Waals surface area contributed by atoms with E-state index in [1.54, 1.807) is 31.5 Å². The van der Waals surface area contributed by atoms with Gasteiger partial charge in [-0.2, -0.15) is 0 Å². The Morgan fingerprint density at radius 2 is 2.21 bits per heavy atom. The quantitative estimate of drug-likeness (QED) is 0.752. The van der Waals surface area contributed by atoms with Crippen LogP contribution in [0.15, 0.2) is 47.0 Å². The highest BCUT2D eigenvalue weighted by Gasteiger charge is 2.11. The Hall–Kier alpha value is -2.93. The minimum Gasteiger partial charge on any atom is -0.435 e. The molecule has 0 saturated carbocycles. The number of carbonyl (C=O) groups excluding carboxylic acids is 1. The molecule has 2 N–H and O–H groups in total. The van der Waals surface area contributed by atoms with Gasteiger partial charge in [0.15, 0.2) is 5.58 Å². The average Bonchev–Trinajstić information content (AvgIpc) is 2.99. The van der Waals surface area contributed by atoms with Crippen LogP contribution in [0, 0.1) is 0 Å².